The van der Waals surface area contributed by atoms with Gasteiger partial charge in [0.2, 0.25) is 0 Å². The molecule has 0 radical (unpaired) electrons. The fraction of sp³-hybridized carbons (Fsp3) is 0.132. The largest absolute Gasteiger partial charge is 0.457 e. The highest BCUT2D eigenvalue weighted by Crippen LogP contribution is 2.51. The lowest BCUT2D eigenvalue weighted by atomic mass is 9.83. The molecule has 1 aliphatic rings. The maximum absolute atomic E-state index is 14.5. The third-order valence-corrected chi connectivity index (χ3v) is 14.4. The molecule has 0 spiro atoms. The van der Waals surface area contributed by atoms with E-state index in [-0.39, 0.29) is 16.6 Å². The Morgan fingerprint density at radius 3 is 1.73 bits per heavy atom. The molecule has 362 valence electrons. The summed E-state index contributed by atoms with van der Waals surface area (Å²) in [6, 6.07) is 76.1. The van der Waals surface area contributed by atoms with Gasteiger partial charge >= 0.3 is 0 Å². The number of hydrogen-bond donors (Lipinski definition) is 0. The summed E-state index contributed by atoms with van der Waals surface area (Å²) >= 11 is 0. The lowest BCUT2D eigenvalue weighted by Crippen LogP contribution is -2.27. The SMILES string of the molecule is CC(C)(C)c1ccnc(-n2c3ccccc3c3ccc(Oc4cc(-c5cc(-c6ccccc6)cc(-c6ccccc6)c5)cc(N5CN(c6c(-c7ccc(F)cc7)cccc6C(C)(C)C)c6ccccc65)c4)cc32)c1. The second-order valence-corrected chi connectivity index (χ2v) is 21.5. The molecule has 12 rings (SSSR count). The standard InChI is InChI=1S/C68H57FN4O/c1-67(2,3)52-34-35-70-65(41-52)73-61-25-14-13-22-58(61)59-33-32-55(43-64(59)73)74-56-40-51(50-37-48(45-18-9-7-10-19-45)36-49(38-50)46-20-11-8-12-21-46)39-54(42-56)71-44-72(63-27-16-15-26-62(63)71)66-57(47-28-30-53(69)31-29-47)23-17-24-60(66)68(4,5)6/h7-43H,44H2,1-6H3. The van der Waals surface area contributed by atoms with Gasteiger partial charge in [-0.15, -0.1) is 0 Å². The van der Waals surface area contributed by atoms with E-state index in [1.54, 1.807) is 12.1 Å². The number of nitrogens with zero attached hydrogens (tertiary/aromatic N) is 4. The summed E-state index contributed by atoms with van der Waals surface area (Å²) in [6.07, 6.45) is 1.92. The van der Waals surface area contributed by atoms with Gasteiger partial charge in [-0.05, 0) is 146 Å². The van der Waals surface area contributed by atoms with Gasteiger partial charge in [0.15, 0.2) is 0 Å². The lowest BCUT2D eigenvalue weighted by Gasteiger charge is -2.32. The molecule has 0 fully saturated rings. The third-order valence-electron chi connectivity index (χ3n) is 14.4. The predicted octanol–water partition coefficient (Wildman–Crippen LogP) is 18.6. The fourth-order valence-corrected chi connectivity index (χ4v) is 10.7. The average Bonchev–Trinajstić information content (AvgIpc) is 3.98. The molecule has 11 aromatic rings. The summed E-state index contributed by atoms with van der Waals surface area (Å²) in [5.41, 5.74) is 17.1. The number of pyridine rings is 1. The normalized spacial score (nSPS) is 12.7. The molecule has 0 saturated carbocycles. The molecule has 6 heteroatoms. The van der Waals surface area contributed by atoms with Crippen molar-refractivity contribution in [2.45, 2.75) is 52.4 Å². The van der Waals surface area contributed by atoms with E-state index in [2.05, 4.69) is 250 Å². The molecule has 5 nitrogen and oxygen atoms in total. The van der Waals surface area contributed by atoms with E-state index in [1.807, 2.05) is 18.3 Å². The van der Waals surface area contributed by atoms with E-state index in [1.165, 1.54) is 11.1 Å². The van der Waals surface area contributed by atoms with Crippen LogP contribution in [-0.4, -0.2) is 16.2 Å². The van der Waals surface area contributed by atoms with Crippen molar-refractivity contribution < 1.29 is 9.13 Å². The number of ether oxygens (including phenoxy) is 1. The molecule has 0 atom stereocenters. The maximum atomic E-state index is 14.5. The summed E-state index contributed by atoms with van der Waals surface area (Å²) in [5.74, 6) is 2.03. The van der Waals surface area contributed by atoms with Gasteiger partial charge in [0.25, 0.3) is 0 Å². The minimum Gasteiger partial charge on any atom is -0.457 e. The van der Waals surface area contributed by atoms with Crippen LogP contribution in [0, 0.1) is 5.82 Å². The van der Waals surface area contributed by atoms with E-state index in [9.17, 15) is 4.39 Å². The van der Waals surface area contributed by atoms with E-state index >= 15 is 0 Å². The molecule has 74 heavy (non-hydrogen) atoms. The fourth-order valence-electron chi connectivity index (χ4n) is 10.7. The van der Waals surface area contributed by atoms with Gasteiger partial charge in [-0.1, -0.05) is 163 Å². The van der Waals surface area contributed by atoms with Gasteiger partial charge in [-0.25, -0.2) is 9.37 Å². The number of aromatic nitrogens is 2. The van der Waals surface area contributed by atoms with Crippen LogP contribution in [0.25, 0.3) is 72.1 Å². The quantitative estimate of drug-likeness (QED) is 0.144. The maximum Gasteiger partial charge on any atom is 0.137 e. The Balaban J connectivity index is 1.04. The van der Waals surface area contributed by atoms with Crippen molar-refractivity contribution in [1.29, 1.82) is 0 Å². The number of hydrogen-bond acceptors (Lipinski definition) is 4. The molecule has 9 aromatic carbocycles. The van der Waals surface area contributed by atoms with Crippen molar-refractivity contribution >= 4 is 44.6 Å². The van der Waals surface area contributed by atoms with Gasteiger partial charge in [0.05, 0.1) is 28.1 Å². The summed E-state index contributed by atoms with van der Waals surface area (Å²) < 4.78 is 23.9. The molecule has 0 aliphatic carbocycles. The van der Waals surface area contributed by atoms with Crippen molar-refractivity contribution in [2.75, 3.05) is 16.5 Å². The van der Waals surface area contributed by atoms with Crippen LogP contribution in [0.5, 0.6) is 11.5 Å². The topological polar surface area (TPSA) is 33.5 Å². The van der Waals surface area contributed by atoms with Crippen LogP contribution in [0.1, 0.15) is 52.7 Å². The first-order chi connectivity index (χ1) is 35.8. The van der Waals surface area contributed by atoms with Crippen molar-refractivity contribution in [3.8, 4) is 61.8 Å². The molecule has 2 aromatic heterocycles. The van der Waals surface area contributed by atoms with E-state index in [4.69, 9.17) is 9.72 Å². The highest BCUT2D eigenvalue weighted by atomic mass is 19.1. The predicted molar refractivity (Wildman–Crippen MR) is 306 cm³/mol. The Morgan fingerprint density at radius 1 is 0.446 bits per heavy atom. The number of halogens is 1. The first-order valence-electron chi connectivity index (χ1n) is 25.5. The Hall–Kier alpha value is -8.74. The van der Waals surface area contributed by atoms with Crippen molar-refractivity contribution in [1.82, 2.24) is 9.55 Å². The highest BCUT2D eigenvalue weighted by Gasteiger charge is 2.34. The summed E-state index contributed by atoms with van der Waals surface area (Å²) in [6.45, 7) is 14.0. The van der Waals surface area contributed by atoms with Gasteiger partial charge in [-0.3, -0.25) is 4.57 Å². The monoisotopic (exact) mass is 964 g/mol. The molecule has 0 bridgehead atoms. The molecule has 0 saturated heterocycles. The summed E-state index contributed by atoms with van der Waals surface area (Å²) in [4.78, 5) is 9.78. The summed E-state index contributed by atoms with van der Waals surface area (Å²) in [7, 11) is 0. The number of anilines is 4. The lowest BCUT2D eigenvalue weighted by molar-refractivity contribution is 0.483. The van der Waals surface area contributed by atoms with Crippen LogP contribution >= 0.6 is 0 Å². The molecular formula is C68H57FN4O. The Labute approximate surface area is 433 Å². The molecule has 1 aliphatic heterocycles. The zero-order chi connectivity index (χ0) is 50.7. The first-order valence-corrected chi connectivity index (χ1v) is 25.5. The van der Waals surface area contributed by atoms with Crippen LogP contribution in [0.2, 0.25) is 0 Å². The number of rotatable bonds is 9. The van der Waals surface area contributed by atoms with E-state index in [0.717, 1.165) is 94.9 Å². The number of fused-ring (bicyclic) bond motifs is 4. The Kier molecular flexibility index (Phi) is 11.5. The van der Waals surface area contributed by atoms with Crippen LogP contribution in [-0.2, 0) is 10.8 Å². The van der Waals surface area contributed by atoms with Crippen molar-refractivity contribution in [2.24, 2.45) is 0 Å². The zero-order valence-electron chi connectivity index (χ0n) is 42.6. The zero-order valence-corrected chi connectivity index (χ0v) is 42.6. The third kappa shape index (κ3) is 8.66. The van der Waals surface area contributed by atoms with Crippen molar-refractivity contribution in [3.63, 3.8) is 0 Å². The Morgan fingerprint density at radius 2 is 1.05 bits per heavy atom. The molecule has 0 amide bonds. The molecule has 0 N–H and O–H groups in total. The van der Waals surface area contributed by atoms with Crippen molar-refractivity contribution in [3.05, 3.63) is 242 Å². The van der Waals surface area contributed by atoms with Gasteiger partial charge in [0.1, 0.15) is 29.8 Å². The van der Waals surface area contributed by atoms with Crippen LogP contribution in [0.3, 0.4) is 0 Å². The second kappa shape index (κ2) is 18.4. The minimum absolute atomic E-state index is 0.0519. The highest BCUT2D eigenvalue weighted by molar-refractivity contribution is 6.09. The van der Waals surface area contributed by atoms with Gasteiger partial charge in [-0.2, -0.15) is 0 Å². The van der Waals surface area contributed by atoms with Gasteiger partial charge in [0, 0.05) is 40.4 Å². The van der Waals surface area contributed by atoms with Crippen LogP contribution in [0.4, 0.5) is 27.1 Å². The van der Waals surface area contributed by atoms with Crippen LogP contribution < -0.4 is 14.5 Å². The Bertz CT molecular complexity index is 3830. The minimum atomic E-state index is -0.256. The first kappa shape index (κ1) is 46.3. The van der Waals surface area contributed by atoms with Crippen LogP contribution in [0.15, 0.2) is 225 Å². The smallest absolute Gasteiger partial charge is 0.137 e. The number of para-hydroxylation sites is 4. The van der Waals surface area contributed by atoms with E-state index < -0.39 is 0 Å². The second-order valence-electron chi connectivity index (χ2n) is 21.5. The number of benzene rings is 9. The van der Waals surface area contributed by atoms with Gasteiger partial charge < -0.3 is 14.5 Å². The summed E-state index contributed by atoms with van der Waals surface area (Å²) in [5, 5.41) is 2.28. The average molecular weight is 965 g/mol. The molecular weight excluding hydrogens is 908 g/mol. The molecule has 0 unspecified atom stereocenters. The van der Waals surface area contributed by atoms with E-state index in [0.29, 0.717) is 18.2 Å². The molecule has 3 heterocycles.